The Bertz CT molecular complexity index is 2250. The van der Waals surface area contributed by atoms with Gasteiger partial charge in [-0.15, -0.1) is 20.4 Å². The predicted octanol–water partition coefficient (Wildman–Crippen LogP) is 6.68. The van der Waals surface area contributed by atoms with Crippen molar-refractivity contribution in [2.45, 2.75) is 45.7 Å². The fourth-order valence-electron chi connectivity index (χ4n) is 6.18. The van der Waals surface area contributed by atoms with E-state index >= 15 is 0 Å². The summed E-state index contributed by atoms with van der Waals surface area (Å²) in [5.41, 5.74) is 4.59. The number of hydrogen-bond acceptors (Lipinski definition) is 12. The first kappa shape index (κ1) is 31.6. The van der Waals surface area contributed by atoms with Gasteiger partial charge in [-0.05, 0) is 91.5 Å². The van der Waals surface area contributed by atoms with Crippen molar-refractivity contribution in [3.63, 3.8) is 0 Å². The molecule has 0 radical (unpaired) electrons. The summed E-state index contributed by atoms with van der Waals surface area (Å²) in [6.45, 7) is 6.07. The highest BCUT2D eigenvalue weighted by Crippen LogP contribution is 2.44. The van der Waals surface area contributed by atoms with E-state index in [2.05, 4.69) is 76.1 Å². The Morgan fingerprint density at radius 2 is 1.20 bits per heavy atom. The number of halogens is 2. The van der Waals surface area contributed by atoms with E-state index in [9.17, 15) is 0 Å². The molecule has 2 aliphatic rings. The zero-order valence-electron chi connectivity index (χ0n) is 26.4. The van der Waals surface area contributed by atoms with Gasteiger partial charge < -0.3 is 9.80 Å². The second kappa shape index (κ2) is 12.9. The first-order valence-corrected chi connectivity index (χ1v) is 16.1. The van der Waals surface area contributed by atoms with Crippen LogP contribution in [0.1, 0.15) is 67.4 Å². The molecule has 16 heteroatoms. The SMILES string of the molecule is CCC1c2nnc(C)n2-c2cnc(Cl)nc2N1c1ccc(C#N)cc1.CCC1c2nncn2-c2cnc(Cl)nc2N1c1ccc(C#N)cc1. The van der Waals surface area contributed by atoms with E-state index in [1.165, 1.54) is 0 Å². The summed E-state index contributed by atoms with van der Waals surface area (Å²) in [6.07, 6.45) is 6.62. The summed E-state index contributed by atoms with van der Waals surface area (Å²) in [6, 6.07) is 18.9. The Labute approximate surface area is 290 Å². The second-order valence-corrected chi connectivity index (χ2v) is 11.8. The zero-order valence-corrected chi connectivity index (χ0v) is 27.9. The molecule has 2 aromatic carbocycles. The van der Waals surface area contributed by atoms with Crippen LogP contribution in [-0.4, -0.2) is 49.5 Å². The quantitative estimate of drug-likeness (QED) is 0.180. The van der Waals surface area contributed by atoms with Gasteiger partial charge in [-0.25, -0.2) is 9.97 Å². The lowest BCUT2D eigenvalue weighted by Gasteiger charge is -2.37. The third-order valence-electron chi connectivity index (χ3n) is 8.36. The Balaban J connectivity index is 0.000000154. The minimum atomic E-state index is -0.0485. The van der Waals surface area contributed by atoms with E-state index in [4.69, 9.17) is 33.7 Å². The van der Waals surface area contributed by atoms with Crippen LogP contribution >= 0.6 is 23.2 Å². The van der Waals surface area contributed by atoms with E-state index in [1.807, 2.05) is 40.3 Å². The highest BCUT2D eigenvalue weighted by molar-refractivity contribution is 6.28. The van der Waals surface area contributed by atoms with Gasteiger partial charge in [-0.1, -0.05) is 13.8 Å². The van der Waals surface area contributed by atoms with Gasteiger partial charge in [0.05, 0.1) is 47.7 Å². The number of benzene rings is 2. The number of anilines is 4. The molecule has 8 rings (SSSR count). The molecule has 2 aliphatic heterocycles. The lowest BCUT2D eigenvalue weighted by atomic mass is 10.1. The van der Waals surface area contributed by atoms with Crippen LogP contribution in [0, 0.1) is 29.6 Å². The van der Waals surface area contributed by atoms with Crippen LogP contribution in [0.2, 0.25) is 10.6 Å². The average molecular weight is 690 g/mol. The van der Waals surface area contributed by atoms with Crippen molar-refractivity contribution in [3.8, 4) is 23.5 Å². The van der Waals surface area contributed by atoms with Crippen LogP contribution in [0.5, 0.6) is 0 Å². The topological polar surface area (TPSA) is 167 Å². The van der Waals surface area contributed by atoms with Gasteiger partial charge in [-0.2, -0.15) is 20.5 Å². The molecule has 242 valence electrons. The fraction of sp³-hybridized carbons (Fsp3) is 0.212. The predicted molar refractivity (Wildman–Crippen MR) is 181 cm³/mol. The normalized spacial score (nSPS) is 15.5. The molecule has 2 atom stereocenters. The summed E-state index contributed by atoms with van der Waals surface area (Å²) < 4.78 is 3.86. The van der Waals surface area contributed by atoms with E-state index in [-0.39, 0.29) is 22.7 Å². The van der Waals surface area contributed by atoms with E-state index in [0.29, 0.717) is 22.8 Å². The highest BCUT2D eigenvalue weighted by atomic mass is 35.5. The number of fused-ring (bicyclic) bond motifs is 6. The Morgan fingerprint density at radius 3 is 1.73 bits per heavy atom. The molecule has 0 amide bonds. The lowest BCUT2D eigenvalue weighted by molar-refractivity contribution is 0.587. The number of aromatic nitrogens is 10. The largest absolute Gasteiger partial charge is 0.314 e. The van der Waals surface area contributed by atoms with Crippen LogP contribution in [-0.2, 0) is 0 Å². The number of hydrogen-bond donors (Lipinski definition) is 0. The van der Waals surface area contributed by atoms with Crippen LogP contribution in [0.15, 0.2) is 67.3 Å². The van der Waals surface area contributed by atoms with Crippen molar-refractivity contribution in [3.05, 3.63) is 106 Å². The van der Waals surface area contributed by atoms with Crippen molar-refractivity contribution in [2.75, 3.05) is 9.80 Å². The molecule has 14 nitrogen and oxygen atoms in total. The van der Waals surface area contributed by atoms with Gasteiger partial charge >= 0.3 is 0 Å². The molecule has 0 saturated carbocycles. The molecule has 0 saturated heterocycles. The van der Waals surface area contributed by atoms with Crippen molar-refractivity contribution in [1.82, 2.24) is 49.5 Å². The molecule has 6 heterocycles. The van der Waals surface area contributed by atoms with E-state index in [0.717, 1.165) is 53.1 Å². The molecule has 0 fully saturated rings. The standard InChI is InChI=1S/C17H14ClN7.C16H12ClN7/c1-3-13-16-23-22-10(2)24(16)14-9-20-17(18)21-15(14)25(13)12-6-4-11(8-19)5-7-12;1-2-12-15-22-20-9-23(15)13-8-19-16(17)21-14(13)24(12)11-5-3-10(7-18)4-6-11/h4-7,9,13H,3H2,1-2H3;3-6,8-9,12H,2H2,1H3. The molecule has 49 heavy (non-hydrogen) atoms. The third-order valence-corrected chi connectivity index (χ3v) is 8.73. The minimum Gasteiger partial charge on any atom is -0.314 e. The Hall–Kier alpha value is -5.96. The van der Waals surface area contributed by atoms with Gasteiger partial charge in [0.25, 0.3) is 0 Å². The molecule has 6 aromatic rings. The van der Waals surface area contributed by atoms with Gasteiger partial charge in [0.15, 0.2) is 23.3 Å². The molecular formula is C33H26Cl2N14. The summed E-state index contributed by atoms with van der Waals surface area (Å²) in [5, 5.41) is 35.3. The second-order valence-electron chi connectivity index (χ2n) is 11.1. The van der Waals surface area contributed by atoms with Crippen molar-refractivity contribution >= 4 is 46.2 Å². The summed E-state index contributed by atoms with van der Waals surface area (Å²) in [7, 11) is 0. The first-order chi connectivity index (χ1) is 23.9. The van der Waals surface area contributed by atoms with E-state index < -0.39 is 0 Å². The molecular weight excluding hydrogens is 663 g/mol. The molecule has 0 spiro atoms. The Morgan fingerprint density at radius 1 is 0.694 bits per heavy atom. The fourth-order valence-corrected chi connectivity index (χ4v) is 6.43. The van der Waals surface area contributed by atoms with Crippen LogP contribution in [0.3, 0.4) is 0 Å². The van der Waals surface area contributed by atoms with Crippen LogP contribution < -0.4 is 9.80 Å². The van der Waals surface area contributed by atoms with Gasteiger partial charge in [-0.3, -0.25) is 9.13 Å². The number of aryl methyl sites for hydroxylation is 1. The van der Waals surface area contributed by atoms with Gasteiger partial charge in [0.2, 0.25) is 10.6 Å². The Kier molecular flexibility index (Phi) is 8.34. The molecule has 0 aliphatic carbocycles. The monoisotopic (exact) mass is 688 g/mol. The van der Waals surface area contributed by atoms with Crippen molar-refractivity contribution in [1.29, 1.82) is 10.5 Å². The average Bonchev–Trinajstić information content (AvgIpc) is 3.78. The van der Waals surface area contributed by atoms with Gasteiger partial charge in [0, 0.05) is 11.4 Å². The molecule has 0 bridgehead atoms. The van der Waals surface area contributed by atoms with Crippen LogP contribution in [0.25, 0.3) is 11.4 Å². The molecule has 2 unspecified atom stereocenters. The molecule has 0 N–H and O–H groups in total. The number of rotatable bonds is 4. The lowest BCUT2D eigenvalue weighted by Crippen LogP contribution is -2.32. The van der Waals surface area contributed by atoms with Gasteiger partial charge in [0.1, 0.15) is 23.5 Å². The summed E-state index contributed by atoms with van der Waals surface area (Å²) in [5.74, 6) is 3.83. The third kappa shape index (κ3) is 5.47. The van der Waals surface area contributed by atoms with Crippen molar-refractivity contribution in [2.24, 2.45) is 0 Å². The van der Waals surface area contributed by atoms with E-state index in [1.54, 1.807) is 43.0 Å². The summed E-state index contributed by atoms with van der Waals surface area (Å²) in [4.78, 5) is 21.3. The minimum absolute atomic E-state index is 0.0427. The number of nitriles is 2. The number of nitrogens with zero attached hydrogens (tertiary/aromatic N) is 14. The summed E-state index contributed by atoms with van der Waals surface area (Å²) >= 11 is 12.1. The first-order valence-electron chi connectivity index (χ1n) is 15.3. The zero-order chi connectivity index (χ0) is 34.2. The highest BCUT2D eigenvalue weighted by Gasteiger charge is 2.36. The maximum atomic E-state index is 9.04. The van der Waals surface area contributed by atoms with Crippen molar-refractivity contribution < 1.29 is 0 Å². The maximum Gasteiger partial charge on any atom is 0.224 e. The van der Waals surface area contributed by atoms with Crippen LogP contribution in [0.4, 0.5) is 23.0 Å². The molecule has 4 aromatic heterocycles. The smallest absolute Gasteiger partial charge is 0.224 e. The maximum absolute atomic E-state index is 9.04.